The van der Waals surface area contributed by atoms with Crippen LogP contribution in [-0.2, 0) is 11.2 Å². The average Bonchev–Trinajstić information content (AvgIpc) is 3.20. The Morgan fingerprint density at radius 1 is 1.22 bits per heavy atom. The second-order valence-electron chi connectivity index (χ2n) is 6.82. The number of nitrogens with zero attached hydrogens (tertiary/aromatic N) is 2. The highest BCUT2D eigenvalue weighted by molar-refractivity contribution is 6.01. The molecule has 3 heteroatoms. The molecule has 0 saturated heterocycles. The third-order valence-electron chi connectivity index (χ3n) is 4.95. The highest BCUT2D eigenvalue weighted by Gasteiger charge is 2.23. The number of allylic oxidation sites excluding steroid dienone is 4. The van der Waals surface area contributed by atoms with Gasteiger partial charge in [0.05, 0.1) is 5.69 Å². The third kappa shape index (κ3) is 4.80. The van der Waals surface area contributed by atoms with Gasteiger partial charge in [0, 0.05) is 43.3 Å². The van der Waals surface area contributed by atoms with E-state index in [0.717, 1.165) is 41.8 Å². The van der Waals surface area contributed by atoms with Gasteiger partial charge in [0.15, 0.2) is 5.78 Å². The van der Waals surface area contributed by atoms with Crippen molar-refractivity contribution in [1.82, 2.24) is 9.97 Å². The normalized spacial score (nSPS) is 14.2. The number of aromatic nitrogens is 2. The van der Waals surface area contributed by atoms with Crippen LogP contribution >= 0.6 is 0 Å². The number of hydrogen-bond acceptors (Lipinski definition) is 3. The highest BCUT2D eigenvalue weighted by Crippen LogP contribution is 2.30. The second-order valence-corrected chi connectivity index (χ2v) is 6.82. The van der Waals surface area contributed by atoms with Gasteiger partial charge in [0.1, 0.15) is 0 Å². The number of terminal acetylenes is 1. The van der Waals surface area contributed by atoms with Gasteiger partial charge in [-0.25, -0.2) is 0 Å². The predicted molar refractivity (Wildman–Crippen MR) is 109 cm³/mol. The minimum atomic E-state index is 0.0195. The molecule has 3 nitrogen and oxygen atoms in total. The van der Waals surface area contributed by atoms with Crippen LogP contribution < -0.4 is 0 Å². The van der Waals surface area contributed by atoms with Crippen molar-refractivity contribution < 1.29 is 4.79 Å². The standard InChI is InChI=1S/C24H24N2O/c1-3-5-7-19(4-2)24(27)21-11-10-20(17-21)23-9-6-8-22(26-23)16-18-12-14-25-15-13-18/h1,6,8-15,19H,4-5,7,16-17H2,2H3. The smallest absolute Gasteiger partial charge is 0.162 e. The molecule has 0 saturated carbocycles. The van der Waals surface area contributed by atoms with Crippen molar-refractivity contribution in [3.8, 4) is 12.3 Å². The van der Waals surface area contributed by atoms with E-state index in [4.69, 9.17) is 11.4 Å². The molecule has 0 aliphatic heterocycles. The zero-order valence-electron chi connectivity index (χ0n) is 15.7. The summed E-state index contributed by atoms with van der Waals surface area (Å²) in [5, 5.41) is 0. The first-order valence-electron chi connectivity index (χ1n) is 9.44. The second kappa shape index (κ2) is 9.09. The first-order valence-corrected chi connectivity index (χ1v) is 9.44. The van der Waals surface area contributed by atoms with Gasteiger partial charge < -0.3 is 0 Å². The van der Waals surface area contributed by atoms with Gasteiger partial charge in [-0.1, -0.05) is 25.1 Å². The fraction of sp³-hybridized carbons (Fsp3) is 0.292. The lowest BCUT2D eigenvalue weighted by Gasteiger charge is -2.13. The highest BCUT2D eigenvalue weighted by atomic mass is 16.1. The zero-order valence-corrected chi connectivity index (χ0v) is 15.7. The van der Waals surface area contributed by atoms with E-state index < -0.39 is 0 Å². The van der Waals surface area contributed by atoms with E-state index in [1.807, 2.05) is 49.4 Å². The molecule has 27 heavy (non-hydrogen) atoms. The first kappa shape index (κ1) is 18.8. The van der Waals surface area contributed by atoms with Crippen molar-refractivity contribution >= 4 is 11.4 Å². The van der Waals surface area contributed by atoms with Gasteiger partial charge >= 0.3 is 0 Å². The van der Waals surface area contributed by atoms with Crippen molar-refractivity contribution in [1.29, 1.82) is 0 Å². The number of carbonyl (C=O) groups excluding carboxylic acids is 1. The molecule has 136 valence electrons. The van der Waals surface area contributed by atoms with E-state index in [1.54, 1.807) is 12.4 Å². The van der Waals surface area contributed by atoms with E-state index in [-0.39, 0.29) is 11.7 Å². The molecule has 2 heterocycles. The molecule has 0 amide bonds. The summed E-state index contributed by atoms with van der Waals surface area (Å²) in [5.41, 5.74) is 5.11. The Bertz CT molecular complexity index is 903. The summed E-state index contributed by atoms with van der Waals surface area (Å²) in [4.78, 5) is 21.6. The quantitative estimate of drug-likeness (QED) is 0.639. The molecule has 0 radical (unpaired) electrons. The average molecular weight is 356 g/mol. The Kier molecular flexibility index (Phi) is 6.33. The summed E-state index contributed by atoms with van der Waals surface area (Å²) in [6, 6.07) is 10.1. The zero-order chi connectivity index (χ0) is 19.1. The number of Topliss-reactive ketones (excluding diaryl/α,β-unsaturated/α-hetero) is 1. The van der Waals surface area contributed by atoms with Crippen LogP contribution in [0.1, 0.15) is 49.6 Å². The molecule has 2 aromatic rings. The van der Waals surface area contributed by atoms with E-state index in [2.05, 4.69) is 10.9 Å². The lowest BCUT2D eigenvalue weighted by atomic mass is 9.89. The Morgan fingerprint density at radius 2 is 2.04 bits per heavy atom. The van der Waals surface area contributed by atoms with Crippen molar-refractivity contribution in [2.24, 2.45) is 5.92 Å². The summed E-state index contributed by atoms with van der Waals surface area (Å²) < 4.78 is 0. The van der Waals surface area contributed by atoms with Gasteiger partial charge in [0.2, 0.25) is 0 Å². The minimum Gasteiger partial charge on any atom is -0.294 e. The number of ketones is 1. The van der Waals surface area contributed by atoms with Gasteiger partial charge in [-0.15, -0.1) is 12.3 Å². The van der Waals surface area contributed by atoms with Crippen LogP contribution in [0.2, 0.25) is 0 Å². The number of pyridine rings is 2. The fourth-order valence-corrected chi connectivity index (χ4v) is 3.38. The summed E-state index contributed by atoms with van der Waals surface area (Å²) >= 11 is 0. The van der Waals surface area contributed by atoms with Gasteiger partial charge in [-0.05, 0) is 53.8 Å². The summed E-state index contributed by atoms with van der Waals surface area (Å²) in [6.07, 6.45) is 16.6. The number of carbonyl (C=O) groups is 1. The SMILES string of the molecule is C#CCCC(CC)C(=O)C1=CC=C(c2cccc(Cc3ccncc3)n2)C1. The predicted octanol–water partition coefficient (Wildman–Crippen LogP) is 4.79. The van der Waals surface area contributed by atoms with Gasteiger partial charge in [0.25, 0.3) is 0 Å². The topological polar surface area (TPSA) is 42.9 Å². The van der Waals surface area contributed by atoms with Crippen LogP contribution in [0.4, 0.5) is 0 Å². The van der Waals surface area contributed by atoms with Gasteiger partial charge in [-0.2, -0.15) is 0 Å². The molecule has 1 aliphatic carbocycles. The molecule has 0 N–H and O–H groups in total. The van der Waals surface area contributed by atoms with Gasteiger partial charge in [-0.3, -0.25) is 14.8 Å². The molecule has 2 aromatic heterocycles. The maximum Gasteiger partial charge on any atom is 0.162 e. The van der Waals surface area contributed by atoms with Crippen LogP contribution in [0.5, 0.6) is 0 Å². The maximum atomic E-state index is 12.8. The number of rotatable bonds is 8. The van der Waals surface area contributed by atoms with Crippen molar-refractivity contribution in [2.75, 3.05) is 0 Å². The first-order chi connectivity index (χ1) is 13.2. The molecule has 0 bridgehead atoms. The van der Waals surface area contributed by atoms with Crippen LogP contribution in [0.25, 0.3) is 5.57 Å². The molecule has 0 spiro atoms. The van der Waals surface area contributed by atoms with Crippen molar-refractivity contribution in [2.45, 2.75) is 39.0 Å². The lowest BCUT2D eigenvalue weighted by Crippen LogP contribution is -2.15. The molecule has 1 aliphatic rings. The van der Waals surface area contributed by atoms with E-state index in [1.165, 1.54) is 5.56 Å². The summed E-state index contributed by atoms with van der Waals surface area (Å²) in [7, 11) is 0. The third-order valence-corrected chi connectivity index (χ3v) is 4.95. The van der Waals surface area contributed by atoms with Crippen molar-refractivity contribution in [3.05, 3.63) is 77.4 Å². The van der Waals surface area contributed by atoms with Crippen LogP contribution in [-0.4, -0.2) is 15.8 Å². The van der Waals surface area contributed by atoms with Crippen LogP contribution in [0, 0.1) is 18.3 Å². The molecule has 0 aromatic carbocycles. The summed E-state index contributed by atoms with van der Waals surface area (Å²) in [5.74, 6) is 2.89. The Balaban J connectivity index is 1.66. The maximum absolute atomic E-state index is 12.8. The van der Waals surface area contributed by atoms with Crippen LogP contribution in [0.15, 0.2) is 60.5 Å². The van der Waals surface area contributed by atoms with E-state index in [0.29, 0.717) is 12.8 Å². The minimum absolute atomic E-state index is 0.0195. The Hall–Kier alpha value is -2.99. The van der Waals surface area contributed by atoms with Crippen molar-refractivity contribution in [3.63, 3.8) is 0 Å². The lowest BCUT2D eigenvalue weighted by molar-refractivity contribution is -0.119. The Labute approximate surface area is 161 Å². The molecule has 1 unspecified atom stereocenters. The van der Waals surface area contributed by atoms with Crippen LogP contribution in [0.3, 0.4) is 0 Å². The molecular formula is C24H24N2O. The summed E-state index contributed by atoms with van der Waals surface area (Å²) in [6.45, 7) is 2.05. The number of hydrogen-bond donors (Lipinski definition) is 0. The molecule has 0 fully saturated rings. The van der Waals surface area contributed by atoms with E-state index >= 15 is 0 Å². The molecular weight excluding hydrogens is 332 g/mol. The monoisotopic (exact) mass is 356 g/mol. The Morgan fingerprint density at radius 3 is 2.78 bits per heavy atom. The molecule has 3 rings (SSSR count). The largest absolute Gasteiger partial charge is 0.294 e. The van der Waals surface area contributed by atoms with E-state index in [9.17, 15) is 4.79 Å². The molecule has 1 atom stereocenters. The fourth-order valence-electron chi connectivity index (χ4n) is 3.38.